The van der Waals surface area contributed by atoms with E-state index < -0.39 is 28.5 Å². The summed E-state index contributed by atoms with van der Waals surface area (Å²) >= 11 is 15.9. The number of likely N-dealkylation sites (N-methyl/N-ethyl adjacent to an activating group) is 1. The number of carbonyl (C=O) groups excluding carboxylic acids is 2. The lowest BCUT2D eigenvalue weighted by atomic mass is 10.1. The molecule has 0 unspecified atom stereocenters. The fraction of sp³-hybridized carbons (Fsp3) is 0.333. The summed E-state index contributed by atoms with van der Waals surface area (Å²) in [5, 5.41) is 3.36. The maximum atomic E-state index is 13.4. The molecule has 1 N–H and O–H groups in total. The Hall–Kier alpha value is -1.81. The maximum Gasteiger partial charge on any atom is 0.244 e. The number of rotatable bonds is 9. The van der Waals surface area contributed by atoms with Crippen LogP contribution in [0.2, 0.25) is 10.0 Å². The van der Waals surface area contributed by atoms with Crippen molar-refractivity contribution in [1.29, 1.82) is 0 Å². The van der Waals surface area contributed by atoms with E-state index in [0.717, 1.165) is 10.6 Å². The van der Waals surface area contributed by atoms with E-state index in [1.54, 1.807) is 56.3 Å². The summed E-state index contributed by atoms with van der Waals surface area (Å²) in [5.41, 5.74) is 0.783. The standard InChI is InChI=1S/C21H24BrCl2N3O4S/c1-4-25-21(29)14(2)26(12-17-18(23)9-6-10-19(17)24)20(28)13-27(32(3,30)31)16-8-5-7-15(22)11-16/h5-11,14H,4,12-13H2,1-3H3,(H,25,29)/t14-/m1/s1. The molecule has 0 heterocycles. The lowest BCUT2D eigenvalue weighted by molar-refractivity contribution is -0.139. The first-order valence-electron chi connectivity index (χ1n) is 9.69. The van der Waals surface area contributed by atoms with Crippen molar-refractivity contribution < 1.29 is 18.0 Å². The summed E-state index contributed by atoms with van der Waals surface area (Å²) in [5.74, 6) is -0.956. The Morgan fingerprint density at radius 1 is 1.12 bits per heavy atom. The average Bonchev–Trinajstić information content (AvgIpc) is 2.70. The Balaban J connectivity index is 2.44. The van der Waals surface area contributed by atoms with Crippen LogP contribution in [-0.4, -0.2) is 50.5 Å². The molecular formula is C21H24BrCl2N3O4S. The normalized spacial score (nSPS) is 12.2. The van der Waals surface area contributed by atoms with Gasteiger partial charge in [-0.2, -0.15) is 0 Å². The predicted octanol–water partition coefficient (Wildman–Crippen LogP) is 4.08. The van der Waals surface area contributed by atoms with Crippen molar-refractivity contribution in [2.45, 2.75) is 26.4 Å². The van der Waals surface area contributed by atoms with Crippen molar-refractivity contribution in [3.8, 4) is 0 Å². The van der Waals surface area contributed by atoms with E-state index in [1.165, 1.54) is 4.90 Å². The second kappa shape index (κ2) is 11.4. The monoisotopic (exact) mass is 563 g/mol. The second-order valence-corrected chi connectivity index (χ2v) is 10.7. The molecule has 0 bridgehead atoms. The number of benzene rings is 2. The number of hydrogen-bond donors (Lipinski definition) is 1. The zero-order valence-corrected chi connectivity index (χ0v) is 21.7. The fourth-order valence-electron chi connectivity index (χ4n) is 3.00. The number of sulfonamides is 1. The highest BCUT2D eigenvalue weighted by atomic mass is 79.9. The van der Waals surface area contributed by atoms with Gasteiger partial charge in [-0.15, -0.1) is 0 Å². The zero-order chi connectivity index (χ0) is 24.1. The third kappa shape index (κ3) is 6.84. The summed E-state index contributed by atoms with van der Waals surface area (Å²) in [6, 6.07) is 10.6. The van der Waals surface area contributed by atoms with Crippen molar-refractivity contribution in [2.24, 2.45) is 0 Å². The predicted molar refractivity (Wildman–Crippen MR) is 131 cm³/mol. The van der Waals surface area contributed by atoms with Gasteiger partial charge in [-0.25, -0.2) is 8.42 Å². The number of carbonyl (C=O) groups is 2. The highest BCUT2D eigenvalue weighted by Crippen LogP contribution is 2.27. The van der Waals surface area contributed by atoms with Crippen molar-refractivity contribution in [3.63, 3.8) is 0 Å². The van der Waals surface area contributed by atoms with Crippen molar-refractivity contribution in [3.05, 3.63) is 62.5 Å². The summed E-state index contributed by atoms with van der Waals surface area (Å²) in [4.78, 5) is 27.2. The van der Waals surface area contributed by atoms with E-state index in [2.05, 4.69) is 21.2 Å². The Kier molecular flexibility index (Phi) is 9.39. The Morgan fingerprint density at radius 2 is 1.72 bits per heavy atom. The topological polar surface area (TPSA) is 86.8 Å². The molecule has 0 aromatic heterocycles. The first kappa shape index (κ1) is 26.4. The quantitative estimate of drug-likeness (QED) is 0.497. The third-order valence-electron chi connectivity index (χ3n) is 4.68. The summed E-state index contributed by atoms with van der Waals surface area (Å²) < 4.78 is 26.6. The molecule has 0 aliphatic carbocycles. The van der Waals surface area contributed by atoms with E-state index in [4.69, 9.17) is 23.2 Å². The average molecular weight is 565 g/mol. The van der Waals surface area contributed by atoms with Gasteiger partial charge in [0, 0.05) is 33.2 Å². The first-order chi connectivity index (χ1) is 15.0. The molecule has 32 heavy (non-hydrogen) atoms. The lowest BCUT2D eigenvalue weighted by Gasteiger charge is -2.31. The van der Waals surface area contributed by atoms with E-state index in [9.17, 15) is 18.0 Å². The van der Waals surface area contributed by atoms with Crippen LogP contribution in [0.5, 0.6) is 0 Å². The van der Waals surface area contributed by atoms with Gasteiger partial charge in [0.05, 0.1) is 11.9 Å². The Bertz CT molecular complexity index is 1080. The Morgan fingerprint density at radius 3 is 2.25 bits per heavy atom. The van der Waals surface area contributed by atoms with Crippen LogP contribution in [0, 0.1) is 0 Å². The van der Waals surface area contributed by atoms with Crippen LogP contribution >= 0.6 is 39.1 Å². The van der Waals surface area contributed by atoms with Gasteiger partial charge >= 0.3 is 0 Å². The molecule has 174 valence electrons. The molecule has 0 fully saturated rings. The zero-order valence-electron chi connectivity index (χ0n) is 17.8. The van der Waals surface area contributed by atoms with Gasteiger partial charge in [0.2, 0.25) is 21.8 Å². The highest BCUT2D eigenvalue weighted by Gasteiger charge is 2.30. The summed E-state index contributed by atoms with van der Waals surface area (Å²) in [6.07, 6.45) is 1.02. The largest absolute Gasteiger partial charge is 0.355 e. The minimum absolute atomic E-state index is 0.0638. The van der Waals surface area contributed by atoms with Gasteiger partial charge in [-0.05, 0) is 44.2 Å². The van der Waals surface area contributed by atoms with Crippen LogP contribution in [-0.2, 0) is 26.2 Å². The molecule has 0 aliphatic heterocycles. The van der Waals surface area contributed by atoms with E-state index >= 15 is 0 Å². The van der Waals surface area contributed by atoms with Crippen LogP contribution in [0.1, 0.15) is 19.4 Å². The van der Waals surface area contributed by atoms with Gasteiger partial charge in [-0.1, -0.05) is 51.3 Å². The minimum Gasteiger partial charge on any atom is -0.355 e. The van der Waals surface area contributed by atoms with Crippen molar-refractivity contribution in [1.82, 2.24) is 10.2 Å². The molecule has 0 radical (unpaired) electrons. The molecule has 7 nitrogen and oxygen atoms in total. The van der Waals surface area contributed by atoms with Crippen LogP contribution in [0.3, 0.4) is 0 Å². The van der Waals surface area contributed by atoms with E-state index in [1.807, 2.05) is 0 Å². The van der Waals surface area contributed by atoms with Crippen LogP contribution in [0.25, 0.3) is 0 Å². The maximum absolute atomic E-state index is 13.4. The molecule has 11 heteroatoms. The van der Waals surface area contributed by atoms with Crippen LogP contribution in [0.15, 0.2) is 46.9 Å². The lowest BCUT2D eigenvalue weighted by Crippen LogP contribution is -2.51. The molecular weight excluding hydrogens is 541 g/mol. The van der Waals surface area contributed by atoms with E-state index in [-0.39, 0.29) is 12.5 Å². The number of anilines is 1. The molecule has 0 spiro atoms. The number of hydrogen-bond acceptors (Lipinski definition) is 4. The van der Waals surface area contributed by atoms with Crippen LogP contribution < -0.4 is 9.62 Å². The number of amides is 2. The summed E-state index contributed by atoms with van der Waals surface area (Å²) in [7, 11) is -3.80. The molecule has 0 saturated heterocycles. The highest BCUT2D eigenvalue weighted by molar-refractivity contribution is 9.10. The van der Waals surface area contributed by atoms with Crippen molar-refractivity contribution >= 4 is 66.7 Å². The third-order valence-corrected chi connectivity index (χ3v) is 7.03. The Labute approximate surface area is 206 Å². The fourth-order valence-corrected chi connectivity index (χ4v) is 4.75. The molecule has 0 aliphatic rings. The van der Waals surface area contributed by atoms with Gasteiger partial charge in [0.25, 0.3) is 0 Å². The molecule has 0 saturated carbocycles. The number of nitrogens with zero attached hydrogens (tertiary/aromatic N) is 2. The molecule has 2 amide bonds. The first-order valence-corrected chi connectivity index (χ1v) is 13.1. The molecule has 2 aromatic carbocycles. The number of halogens is 3. The molecule has 2 aromatic rings. The van der Waals surface area contributed by atoms with Gasteiger partial charge in [0.15, 0.2) is 0 Å². The smallest absolute Gasteiger partial charge is 0.244 e. The SMILES string of the molecule is CCNC(=O)[C@@H](C)N(Cc1c(Cl)cccc1Cl)C(=O)CN(c1cccc(Br)c1)S(C)(=O)=O. The number of nitrogens with one attached hydrogen (secondary N) is 1. The molecule has 2 rings (SSSR count). The molecule has 1 atom stereocenters. The van der Waals surface area contributed by atoms with Crippen molar-refractivity contribution in [2.75, 3.05) is 23.7 Å². The van der Waals surface area contributed by atoms with Gasteiger partial charge < -0.3 is 10.2 Å². The minimum atomic E-state index is -3.80. The van der Waals surface area contributed by atoms with Gasteiger partial charge in [-0.3, -0.25) is 13.9 Å². The van der Waals surface area contributed by atoms with Crippen LogP contribution in [0.4, 0.5) is 5.69 Å². The van der Waals surface area contributed by atoms with Gasteiger partial charge in [0.1, 0.15) is 12.6 Å². The second-order valence-electron chi connectivity index (χ2n) is 7.04. The van der Waals surface area contributed by atoms with E-state index in [0.29, 0.717) is 32.3 Å². The summed E-state index contributed by atoms with van der Waals surface area (Å²) in [6.45, 7) is 3.15.